The molecule has 2 N–H and O–H groups in total. The lowest BCUT2D eigenvalue weighted by Crippen LogP contribution is -2.52. The number of aliphatic hydroxyl groups excluding tert-OH is 1. The summed E-state index contributed by atoms with van der Waals surface area (Å²) in [5.41, 5.74) is 1.40. The Morgan fingerprint density at radius 2 is 2.05 bits per heavy atom. The molecular formula is C15H20INO2. The quantitative estimate of drug-likeness (QED) is 0.801. The maximum Gasteiger partial charge on any atom is 0.252 e. The van der Waals surface area contributed by atoms with E-state index in [0.29, 0.717) is 5.56 Å². The first-order valence-electron chi connectivity index (χ1n) is 6.76. The second-order valence-electron chi connectivity index (χ2n) is 5.39. The van der Waals surface area contributed by atoms with Gasteiger partial charge in [-0.1, -0.05) is 31.4 Å². The lowest BCUT2D eigenvalue weighted by atomic mass is 9.82. The predicted molar refractivity (Wildman–Crippen MR) is 84.3 cm³/mol. The lowest BCUT2D eigenvalue weighted by molar-refractivity contribution is 0.0757. The first-order chi connectivity index (χ1) is 9.08. The molecule has 1 fully saturated rings. The van der Waals surface area contributed by atoms with Gasteiger partial charge in [-0.05, 0) is 54.0 Å². The highest BCUT2D eigenvalue weighted by molar-refractivity contribution is 14.1. The van der Waals surface area contributed by atoms with Crippen LogP contribution >= 0.6 is 22.6 Å². The summed E-state index contributed by atoms with van der Waals surface area (Å²) in [6.07, 6.45) is 5.09. The van der Waals surface area contributed by atoms with E-state index >= 15 is 0 Å². The minimum absolute atomic E-state index is 0.0289. The fraction of sp³-hybridized carbons (Fsp3) is 0.533. The maximum absolute atomic E-state index is 12.4. The normalized spacial score (nSPS) is 18.1. The molecule has 1 aromatic carbocycles. The van der Waals surface area contributed by atoms with Gasteiger partial charge in [0.2, 0.25) is 0 Å². The van der Waals surface area contributed by atoms with Gasteiger partial charge in [0.25, 0.3) is 5.91 Å². The molecule has 0 unspecified atom stereocenters. The van der Waals surface area contributed by atoms with Gasteiger partial charge in [0, 0.05) is 3.57 Å². The number of carbonyl (C=O) groups excluding carboxylic acids is 1. The molecule has 1 aromatic rings. The molecule has 0 atom stereocenters. The number of hydrogen-bond donors (Lipinski definition) is 2. The fourth-order valence-electron chi connectivity index (χ4n) is 2.68. The summed E-state index contributed by atoms with van der Waals surface area (Å²) in [5, 5.41) is 12.7. The highest BCUT2D eigenvalue weighted by Crippen LogP contribution is 2.28. The number of carbonyl (C=O) groups is 1. The monoisotopic (exact) mass is 373 g/mol. The lowest BCUT2D eigenvalue weighted by Gasteiger charge is -2.36. The highest BCUT2D eigenvalue weighted by Gasteiger charge is 2.33. The number of aliphatic hydroxyl groups is 1. The first kappa shape index (κ1) is 14.8. The third-order valence-electron chi connectivity index (χ3n) is 3.93. The number of hydrogen-bond acceptors (Lipinski definition) is 2. The van der Waals surface area contributed by atoms with Crippen molar-refractivity contribution in [2.75, 3.05) is 6.61 Å². The van der Waals surface area contributed by atoms with E-state index in [1.807, 2.05) is 25.1 Å². The summed E-state index contributed by atoms with van der Waals surface area (Å²) >= 11 is 2.21. The Bertz CT molecular complexity index is 467. The van der Waals surface area contributed by atoms with Gasteiger partial charge in [0.15, 0.2) is 0 Å². The summed E-state index contributed by atoms with van der Waals surface area (Å²) in [7, 11) is 0. The van der Waals surface area contributed by atoms with Crippen molar-refractivity contribution in [1.82, 2.24) is 5.32 Å². The van der Waals surface area contributed by atoms with Gasteiger partial charge < -0.3 is 10.4 Å². The first-order valence-corrected chi connectivity index (χ1v) is 7.84. The highest BCUT2D eigenvalue weighted by atomic mass is 127. The van der Waals surface area contributed by atoms with Crippen LogP contribution in [0.25, 0.3) is 0 Å². The number of benzene rings is 1. The van der Waals surface area contributed by atoms with E-state index in [1.54, 1.807) is 0 Å². The second-order valence-corrected chi connectivity index (χ2v) is 6.47. The number of nitrogens with one attached hydrogen (secondary N) is 1. The summed E-state index contributed by atoms with van der Waals surface area (Å²) in [5.74, 6) is -0.0657. The van der Waals surface area contributed by atoms with Crippen LogP contribution < -0.4 is 5.32 Å². The minimum Gasteiger partial charge on any atom is -0.394 e. The molecule has 3 nitrogen and oxygen atoms in total. The van der Waals surface area contributed by atoms with Gasteiger partial charge in [-0.3, -0.25) is 4.79 Å². The van der Waals surface area contributed by atoms with Gasteiger partial charge >= 0.3 is 0 Å². The van der Waals surface area contributed by atoms with Crippen LogP contribution in [0.15, 0.2) is 18.2 Å². The molecule has 104 valence electrons. The number of rotatable bonds is 3. The Morgan fingerprint density at radius 3 is 2.68 bits per heavy atom. The predicted octanol–water partition coefficient (Wildman–Crippen LogP) is 3.02. The van der Waals surface area contributed by atoms with E-state index in [-0.39, 0.29) is 12.5 Å². The van der Waals surface area contributed by atoms with Crippen molar-refractivity contribution in [1.29, 1.82) is 0 Å². The van der Waals surface area contributed by atoms with Crippen LogP contribution in [-0.4, -0.2) is 23.2 Å². The molecule has 19 heavy (non-hydrogen) atoms. The molecule has 0 aromatic heterocycles. The zero-order valence-electron chi connectivity index (χ0n) is 11.2. The van der Waals surface area contributed by atoms with Gasteiger partial charge in [0.1, 0.15) is 0 Å². The van der Waals surface area contributed by atoms with Crippen molar-refractivity contribution in [3.05, 3.63) is 32.9 Å². The minimum atomic E-state index is -0.415. The summed E-state index contributed by atoms with van der Waals surface area (Å²) in [4.78, 5) is 12.4. The molecular weight excluding hydrogens is 353 g/mol. The molecule has 0 bridgehead atoms. The standard InChI is InChI=1S/C15H20INO2/c1-11-6-5-7-12(13(11)16)14(19)17-15(10-18)8-3-2-4-9-15/h5-7,18H,2-4,8-10H2,1H3,(H,17,19). The van der Waals surface area contributed by atoms with Crippen molar-refractivity contribution >= 4 is 28.5 Å². The third kappa shape index (κ3) is 3.28. The number of amides is 1. The van der Waals surface area contributed by atoms with Gasteiger partial charge in [-0.15, -0.1) is 0 Å². The van der Waals surface area contributed by atoms with E-state index in [9.17, 15) is 9.90 Å². The molecule has 1 aliphatic carbocycles. The molecule has 0 saturated heterocycles. The molecule has 4 heteroatoms. The van der Waals surface area contributed by atoms with Crippen LogP contribution in [0.4, 0.5) is 0 Å². The van der Waals surface area contributed by atoms with E-state index in [4.69, 9.17) is 0 Å². The Balaban J connectivity index is 2.17. The Morgan fingerprint density at radius 1 is 1.37 bits per heavy atom. The fourth-order valence-corrected chi connectivity index (χ4v) is 3.29. The van der Waals surface area contributed by atoms with Crippen LogP contribution in [0.3, 0.4) is 0 Å². The Kier molecular flexibility index (Phi) is 4.84. The zero-order valence-corrected chi connectivity index (χ0v) is 13.4. The van der Waals surface area contributed by atoms with Crippen LogP contribution in [0.1, 0.15) is 48.0 Å². The topological polar surface area (TPSA) is 49.3 Å². The smallest absolute Gasteiger partial charge is 0.252 e. The molecule has 0 aliphatic heterocycles. The molecule has 1 aliphatic rings. The Hall–Kier alpha value is -0.620. The average Bonchev–Trinajstić information content (AvgIpc) is 2.42. The van der Waals surface area contributed by atoms with Crippen molar-refractivity contribution in [3.63, 3.8) is 0 Å². The largest absolute Gasteiger partial charge is 0.394 e. The van der Waals surface area contributed by atoms with Gasteiger partial charge in [0.05, 0.1) is 17.7 Å². The third-order valence-corrected chi connectivity index (χ3v) is 5.36. The molecule has 1 amide bonds. The summed E-state index contributed by atoms with van der Waals surface area (Å²) in [6, 6.07) is 5.75. The van der Waals surface area contributed by atoms with E-state index in [1.165, 1.54) is 6.42 Å². The molecule has 0 heterocycles. The molecule has 1 saturated carbocycles. The summed E-state index contributed by atoms with van der Waals surface area (Å²) < 4.78 is 0.987. The van der Waals surface area contributed by atoms with E-state index in [2.05, 4.69) is 27.9 Å². The van der Waals surface area contributed by atoms with Crippen LogP contribution in [0, 0.1) is 10.5 Å². The van der Waals surface area contributed by atoms with Crippen molar-refractivity contribution in [2.45, 2.75) is 44.6 Å². The maximum atomic E-state index is 12.4. The van der Waals surface area contributed by atoms with Gasteiger partial charge in [-0.25, -0.2) is 0 Å². The second kappa shape index (κ2) is 6.22. The Labute approximate surface area is 127 Å². The number of halogens is 1. The van der Waals surface area contributed by atoms with Crippen LogP contribution in [0.5, 0.6) is 0 Å². The molecule has 2 rings (SSSR count). The SMILES string of the molecule is Cc1cccc(C(=O)NC2(CO)CCCCC2)c1I. The number of aryl methyl sites for hydroxylation is 1. The zero-order chi connectivity index (χ0) is 13.9. The van der Waals surface area contributed by atoms with E-state index in [0.717, 1.165) is 34.8 Å². The summed E-state index contributed by atoms with van der Waals surface area (Å²) in [6.45, 7) is 2.03. The molecule has 0 radical (unpaired) electrons. The average molecular weight is 373 g/mol. The van der Waals surface area contributed by atoms with Crippen LogP contribution in [0.2, 0.25) is 0 Å². The van der Waals surface area contributed by atoms with Crippen molar-refractivity contribution < 1.29 is 9.90 Å². The van der Waals surface area contributed by atoms with Gasteiger partial charge in [-0.2, -0.15) is 0 Å². The van der Waals surface area contributed by atoms with Crippen molar-refractivity contribution in [2.24, 2.45) is 0 Å². The van der Waals surface area contributed by atoms with E-state index < -0.39 is 5.54 Å². The molecule has 0 spiro atoms. The van der Waals surface area contributed by atoms with Crippen LogP contribution in [-0.2, 0) is 0 Å². The van der Waals surface area contributed by atoms with Crippen molar-refractivity contribution in [3.8, 4) is 0 Å².